The Labute approximate surface area is 152 Å². The van der Waals surface area contributed by atoms with E-state index in [9.17, 15) is 9.90 Å². The maximum absolute atomic E-state index is 12.9. The average molecular weight is 365 g/mol. The zero-order valence-corrected chi connectivity index (χ0v) is 17.2. The van der Waals surface area contributed by atoms with Crippen LogP contribution >= 0.6 is 0 Å². The highest BCUT2D eigenvalue weighted by Gasteiger charge is 2.62. The van der Waals surface area contributed by atoms with Crippen molar-refractivity contribution < 1.29 is 19.1 Å². The van der Waals surface area contributed by atoms with E-state index in [1.807, 2.05) is 0 Å². The highest BCUT2D eigenvalue weighted by atomic mass is 28.4. The van der Waals surface area contributed by atoms with Gasteiger partial charge in [0, 0.05) is 23.8 Å². The van der Waals surface area contributed by atoms with Crippen LogP contribution in [0.1, 0.15) is 59.3 Å². The molecule has 1 heterocycles. The second-order valence-corrected chi connectivity index (χ2v) is 14.9. The van der Waals surface area contributed by atoms with E-state index in [1.165, 1.54) is 0 Å². The van der Waals surface area contributed by atoms with Crippen molar-refractivity contribution in [2.45, 2.75) is 95.7 Å². The minimum Gasteiger partial charge on any atom is -0.512 e. The fourth-order valence-electron chi connectivity index (χ4n) is 5.13. The molecule has 140 valence electrons. The molecule has 5 heteroatoms. The van der Waals surface area contributed by atoms with E-state index < -0.39 is 8.32 Å². The first-order valence-corrected chi connectivity index (χ1v) is 12.7. The van der Waals surface area contributed by atoms with Crippen molar-refractivity contribution in [3.8, 4) is 0 Å². The number of hydrogen-bond donors (Lipinski definition) is 1. The van der Waals surface area contributed by atoms with Gasteiger partial charge in [-0.15, -0.1) is 0 Å². The second-order valence-electron chi connectivity index (χ2n) is 10.2. The van der Waals surface area contributed by atoms with Crippen LogP contribution in [-0.4, -0.2) is 37.5 Å². The van der Waals surface area contributed by atoms with Gasteiger partial charge in [-0.3, -0.25) is 4.79 Å². The van der Waals surface area contributed by atoms with Gasteiger partial charge in [-0.05, 0) is 49.7 Å². The first-order valence-electron chi connectivity index (χ1n) is 9.84. The molecule has 5 atom stereocenters. The minimum atomic E-state index is -1.98. The van der Waals surface area contributed by atoms with Crippen molar-refractivity contribution in [3.05, 3.63) is 11.3 Å². The largest absolute Gasteiger partial charge is 0.512 e. The lowest BCUT2D eigenvalue weighted by atomic mass is 9.70. The lowest BCUT2D eigenvalue weighted by Crippen LogP contribution is -2.52. The molecule has 4 aliphatic rings. The van der Waals surface area contributed by atoms with Crippen LogP contribution in [0.2, 0.25) is 18.1 Å². The molecule has 0 aromatic heterocycles. The molecule has 1 saturated heterocycles. The van der Waals surface area contributed by atoms with E-state index in [1.54, 1.807) is 0 Å². The summed E-state index contributed by atoms with van der Waals surface area (Å²) in [5, 5.41) is 10.7. The molecule has 2 saturated carbocycles. The van der Waals surface area contributed by atoms with Crippen LogP contribution in [0, 0.1) is 11.3 Å². The Morgan fingerprint density at radius 2 is 1.96 bits per heavy atom. The molecule has 4 nitrogen and oxygen atoms in total. The molecule has 5 unspecified atom stereocenters. The zero-order valence-electron chi connectivity index (χ0n) is 16.2. The van der Waals surface area contributed by atoms with E-state index >= 15 is 0 Å². The van der Waals surface area contributed by atoms with Crippen LogP contribution in [0.5, 0.6) is 0 Å². The minimum absolute atomic E-state index is 0.0518. The number of hydrogen-bond acceptors (Lipinski definition) is 4. The molecule has 0 amide bonds. The lowest BCUT2D eigenvalue weighted by Gasteiger charge is -2.47. The van der Waals surface area contributed by atoms with E-state index in [-0.39, 0.29) is 28.4 Å². The topological polar surface area (TPSA) is 59.1 Å². The number of aliphatic hydroxyl groups excluding tert-OH is 1. The lowest BCUT2D eigenvalue weighted by molar-refractivity contribution is -0.116. The quantitative estimate of drug-likeness (QED) is 0.578. The number of epoxide rings is 1. The van der Waals surface area contributed by atoms with Crippen molar-refractivity contribution in [1.29, 1.82) is 0 Å². The number of Topliss-reactive ketones (excluding diaryl/α,β-unsaturated/α-hetero) is 1. The van der Waals surface area contributed by atoms with Crippen LogP contribution in [0.4, 0.5) is 0 Å². The summed E-state index contributed by atoms with van der Waals surface area (Å²) in [6.45, 7) is 11.4. The summed E-state index contributed by atoms with van der Waals surface area (Å²) in [4.78, 5) is 12.9. The van der Waals surface area contributed by atoms with Crippen LogP contribution in [0.15, 0.2) is 11.3 Å². The van der Waals surface area contributed by atoms with Gasteiger partial charge >= 0.3 is 0 Å². The number of fused-ring (bicyclic) bond motifs is 2. The molecule has 1 aliphatic heterocycles. The molecule has 3 fully saturated rings. The smallest absolute Gasteiger partial charge is 0.192 e. The molecule has 25 heavy (non-hydrogen) atoms. The van der Waals surface area contributed by atoms with Crippen molar-refractivity contribution >= 4 is 14.1 Å². The van der Waals surface area contributed by atoms with Gasteiger partial charge in [-0.2, -0.15) is 0 Å². The van der Waals surface area contributed by atoms with Crippen molar-refractivity contribution in [2.75, 3.05) is 0 Å². The first-order chi connectivity index (χ1) is 11.6. The van der Waals surface area contributed by atoms with Gasteiger partial charge in [-0.25, -0.2) is 0 Å². The number of ether oxygens (including phenoxy) is 1. The third-order valence-electron chi connectivity index (χ3n) is 7.60. The monoisotopic (exact) mass is 364 g/mol. The van der Waals surface area contributed by atoms with Gasteiger partial charge in [0.25, 0.3) is 0 Å². The normalized spacial score (nSPS) is 41.1. The van der Waals surface area contributed by atoms with Gasteiger partial charge in [-0.1, -0.05) is 20.8 Å². The summed E-state index contributed by atoms with van der Waals surface area (Å²) in [6, 6.07) is 0. The Morgan fingerprint density at radius 3 is 2.64 bits per heavy atom. The van der Waals surface area contributed by atoms with Gasteiger partial charge in [0.05, 0.1) is 24.1 Å². The number of carbonyl (C=O) groups is 1. The number of carbonyl (C=O) groups excluding carboxylic acids is 1. The summed E-state index contributed by atoms with van der Waals surface area (Å²) in [5.41, 5.74) is 0.378. The predicted octanol–water partition coefficient (Wildman–Crippen LogP) is 4.51. The molecule has 1 spiro atoms. The average Bonchev–Trinajstić information content (AvgIpc) is 3.16. The third kappa shape index (κ3) is 2.65. The number of allylic oxidation sites excluding steroid dienone is 1. The molecule has 0 radical (unpaired) electrons. The predicted molar refractivity (Wildman–Crippen MR) is 99.0 cm³/mol. The summed E-state index contributed by atoms with van der Waals surface area (Å²) in [7, 11) is -1.98. The molecule has 0 aromatic rings. The second kappa shape index (κ2) is 5.43. The van der Waals surface area contributed by atoms with Crippen LogP contribution in [0.3, 0.4) is 0 Å². The summed E-state index contributed by atoms with van der Waals surface area (Å²) >= 11 is 0. The standard InChI is InChI=1S/C20H32O4Si/c1-19(2,3)25(4,5)24-18-12-6-7-13(21)17-14(22)8-9-20(17,18)11-16-15(10-12)23-16/h12,15-16,18,22H,6-11H2,1-5H3. The van der Waals surface area contributed by atoms with E-state index in [4.69, 9.17) is 9.16 Å². The van der Waals surface area contributed by atoms with Gasteiger partial charge < -0.3 is 14.3 Å². The molecule has 0 aromatic carbocycles. The fourth-order valence-corrected chi connectivity index (χ4v) is 6.54. The third-order valence-corrected chi connectivity index (χ3v) is 12.1. The Morgan fingerprint density at radius 1 is 1.24 bits per heavy atom. The SMILES string of the molecule is CC(C)(C)[Si](C)(C)OC1C2CCC(=O)C3=C(O)CCC31CC1OC1C2. The number of rotatable bonds is 2. The summed E-state index contributed by atoms with van der Waals surface area (Å²) in [6.07, 6.45) is 5.35. The number of aliphatic hydroxyl groups is 1. The molecular formula is C20H32O4Si. The molecular weight excluding hydrogens is 332 g/mol. The molecule has 4 rings (SSSR count). The van der Waals surface area contributed by atoms with Gasteiger partial charge in [0.2, 0.25) is 0 Å². The highest BCUT2D eigenvalue weighted by molar-refractivity contribution is 6.74. The van der Waals surface area contributed by atoms with Crippen molar-refractivity contribution in [1.82, 2.24) is 0 Å². The van der Waals surface area contributed by atoms with Crippen molar-refractivity contribution in [2.24, 2.45) is 11.3 Å². The Balaban J connectivity index is 1.80. The summed E-state index contributed by atoms with van der Waals surface area (Å²) in [5.74, 6) is 0.841. The van der Waals surface area contributed by atoms with Gasteiger partial charge in [0.1, 0.15) is 0 Å². The zero-order chi connectivity index (χ0) is 18.2. The van der Waals surface area contributed by atoms with E-state index in [0.29, 0.717) is 36.2 Å². The maximum atomic E-state index is 12.9. The molecule has 2 bridgehead atoms. The highest BCUT2D eigenvalue weighted by Crippen LogP contribution is 2.60. The fraction of sp³-hybridized carbons (Fsp3) is 0.850. The van der Waals surface area contributed by atoms with E-state index in [0.717, 1.165) is 25.7 Å². The number of ketones is 1. The molecule has 3 aliphatic carbocycles. The van der Waals surface area contributed by atoms with Crippen LogP contribution in [-0.2, 0) is 14.0 Å². The Bertz CT molecular complexity index is 632. The first kappa shape index (κ1) is 17.7. The van der Waals surface area contributed by atoms with Crippen molar-refractivity contribution in [3.63, 3.8) is 0 Å². The van der Waals surface area contributed by atoms with Crippen LogP contribution < -0.4 is 0 Å². The van der Waals surface area contributed by atoms with Gasteiger partial charge in [0.15, 0.2) is 14.1 Å². The summed E-state index contributed by atoms with van der Waals surface area (Å²) < 4.78 is 12.9. The van der Waals surface area contributed by atoms with E-state index in [2.05, 4.69) is 33.9 Å². The molecule has 1 N–H and O–H groups in total. The van der Waals surface area contributed by atoms with Crippen LogP contribution in [0.25, 0.3) is 0 Å². The Hall–Kier alpha value is -0.653. The Kier molecular flexibility index (Phi) is 3.85. The maximum Gasteiger partial charge on any atom is 0.192 e.